The van der Waals surface area contributed by atoms with Gasteiger partial charge in [-0.15, -0.1) is 0 Å². The highest BCUT2D eigenvalue weighted by Crippen LogP contribution is 2.68. The van der Waals surface area contributed by atoms with Crippen LogP contribution in [0.1, 0.15) is 91.4 Å². The van der Waals surface area contributed by atoms with Gasteiger partial charge in [-0.2, -0.15) is 0 Å². The summed E-state index contributed by atoms with van der Waals surface area (Å²) in [5.41, 5.74) is 5.05. The Morgan fingerprint density at radius 2 is 1.65 bits per heavy atom. The summed E-state index contributed by atoms with van der Waals surface area (Å²) in [4.78, 5) is 60.0. The summed E-state index contributed by atoms with van der Waals surface area (Å²) in [6, 6.07) is -2.46. The normalized spacial score (nSPS) is 37.6. The number of hydrogen-bond acceptors (Lipinski definition) is 10. The maximum absolute atomic E-state index is 13.0. The number of nitrogens with one attached hydrogen (secondary N) is 2. The van der Waals surface area contributed by atoms with Crippen molar-refractivity contribution in [3.63, 3.8) is 0 Å². The summed E-state index contributed by atoms with van der Waals surface area (Å²) >= 11 is 0.870. The summed E-state index contributed by atoms with van der Waals surface area (Å²) in [6.45, 7) is 5.92. The van der Waals surface area contributed by atoms with Gasteiger partial charge in [0.25, 0.3) is 0 Å². The molecule has 13 unspecified atom stereocenters. The number of carbonyl (C=O) groups excluding carboxylic acids is 3. The van der Waals surface area contributed by atoms with Crippen molar-refractivity contribution < 1.29 is 49.5 Å². The van der Waals surface area contributed by atoms with E-state index < -0.39 is 60.0 Å². The predicted molar refractivity (Wildman–Crippen MR) is 177 cm³/mol. The number of nitrogens with two attached hydrogens (primary N) is 1. The molecule has 0 aromatic rings. The molecule has 13 nitrogen and oxygen atoms in total. The van der Waals surface area contributed by atoms with Crippen molar-refractivity contribution in [2.45, 2.75) is 122 Å². The Hall–Kier alpha value is -2.26. The Bertz CT molecular complexity index is 1220. The van der Waals surface area contributed by atoms with E-state index in [2.05, 4.69) is 31.4 Å². The summed E-state index contributed by atoms with van der Waals surface area (Å²) in [6.07, 6.45) is 4.56. The second-order valence-corrected chi connectivity index (χ2v) is 16.5. The van der Waals surface area contributed by atoms with Crippen molar-refractivity contribution >= 4 is 40.6 Å². The second-order valence-electron chi connectivity index (χ2n) is 15.4. The van der Waals surface area contributed by atoms with Crippen molar-refractivity contribution in [1.82, 2.24) is 10.6 Å². The lowest BCUT2D eigenvalue weighted by molar-refractivity contribution is -0.207. The zero-order valence-corrected chi connectivity index (χ0v) is 29.1. The van der Waals surface area contributed by atoms with Gasteiger partial charge in [-0.25, -0.2) is 0 Å². The molecular formula is C34H55N3O10S. The molecule has 0 aromatic carbocycles. The number of carbonyl (C=O) groups is 5. The van der Waals surface area contributed by atoms with E-state index in [1.165, 1.54) is 0 Å². The fraction of sp³-hybridized carbons (Fsp3) is 0.853. The van der Waals surface area contributed by atoms with Crippen LogP contribution >= 0.6 is 11.8 Å². The van der Waals surface area contributed by atoms with Crippen LogP contribution in [0.5, 0.6) is 0 Å². The lowest BCUT2D eigenvalue weighted by Gasteiger charge is -2.63. The highest BCUT2D eigenvalue weighted by atomic mass is 32.2. The van der Waals surface area contributed by atoms with Crippen molar-refractivity contribution in [3.8, 4) is 0 Å². The summed E-state index contributed by atoms with van der Waals surface area (Å²) in [7, 11) is 0. The van der Waals surface area contributed by atoms with Crippen LogP contribution in [0.2, 0.25) is 0 Å². The van der Waals surface area contributed by atoms with Gasteiger partial charge >= 0.3 is 11.9 Å². The van der Waals surface area contributed by atoms with Crippen LogP contribution in [-0.4, -0.2) is 97.1 Å². The lowest BCUT2D eigenvalue weighted by Crippen LogP contribution is -2.62. The number of aliphatic carboxylic acids is 2. The number of aliphatic hydroxyl groups is 3. The van der Waals surface area contributed by atoms with Crippen LogP contribution in [0, 0.1) is 46.3 Å². The first-order valence-electron chi connectivity index (χ1n) is 17.5. The maximum Gasteiger partial charge on any atom is 0.322 e. The smallest absolute Gasteiger partial charge is 0.322 e. The average Bonchev–Trinajstić information content (AvgIpc) is 3.38. The third kappa shape index (κ3) is 8.20. The van der Waals surface area contributed by atoms with E-state index in [-0.39, 0.29) is 77.2 Å². The van der Waals surface area contributed by atoms with Crippen LogP contribution < -0.4 is 16.4 Å². The highest BCUT2D eigenvalue weighted by molar-refractivity contribution is 8.13. The Morgan fingerprint density at radius 1 is 0.938 bits per heavy atom. The molecule has 0 aromatic heterocycles. The zero-order valence-electron chi connectivity index (χ0n) is 28.3. The molecule has 14 heteroatoms. The first-order valence-corrected chi connectivity index (χ1v) is 18.4. The first-order chi connectivity index (χ1) is 22.5. The van der Waals surface area contributed by atoms with Crippen molar-refractivity contribution in [2.75, 3.05) is 12.3 Å². The molecule has 0 saturated heterocycles. The first kappa shape index (κ1) is 38.5. The van der Waals surface area contributed by atoms with Gasteiger partial charge in [-0.1, -0.05) is 32.5 Å². The summed E-state index contributed by atoms with van der Waals surface area (Å²) in [5, 5.41) is 56.0. The van der Waals surface area contributed by atoms with Gasteiger partial charge in [-0.3, -0.25) is 24.0 Å². The quantitative estimate of drug-likeness (QED) is 0.129. The Labute approximate surface area is 286 Å². The molecule has 4 fully saturated rings. The van der Waals surface area contributed by atoms with E-state index in [1.807, 2.05) is 0 Å². The molecule has 4 saturated carbocycles. The van der Waals surface area contributed by atoms with E-state index in [1.54, 1.807) is 0 Å². The maximum atomic E-state index is 13.0. The lowest BCUT2D eigenvalue weighted by atomic mass is 9.43. The van der Waals surface area contributed by atoms with E-state index in [0.29, 0.717) is 25.7 Å². The third-order valence-electron chi connectivity index (χ3n) is 12.8. The highest BCUT2D eigenvalue weighted by Gasteiger charge is 2.65. The number of carboxylic acid groups (broad SMARTS) is 2. The average molecular weight is 698 g/mol. The zero-order chi connectivity index (χ0) is 35.6. The molecular weight excluding hydrogens is 642 g/mol. The molecule has 13 atom stereocenters. The largest absolute Gasteiger partial charge is 0.480 e. The van der Waals surface area contributed by atoms with Crippen LogP contribution in [0.25, 0.3) is 0 Å². The minimum atomic E-state index is -1.27. The van der Waals surface area contributed by atoms with Gasteiger partial charge in [0.2, 0.25) is 11.8 Å². The van der Waals surface area contributed by atoms with Crippen molar-refractivity contribution in [3.05, 3.63) is 0 Å². The number of hydrogen-bond donors (Lipinski definition) is 8. The van der Waals surface area contributed by atoms with Gasteiger partial charge in [0.15, 0.2) is 5.12 Å². The molecule has 0 aliphatic heterocycles. The van der Waals surface area contributed by atoms with Gasteiger partial charge < -0.3 is 41.9 Å². The number of amides is 2. The number of fused-ring (bicyclic) bond motifs is 5. The fourth-order valence-electron chi connectivity index (χ4n) is 10.1. The van der Waals surface area contributed by atoms with Crippen LogP contribution in [0.3, 0.4) is 0 Å². The Morgan fingerprint density at radius 3 is 2.31 bits per heavy atom. The molecule has 4 aliphatic rings. The summed E-state index contributed by atoms with van der Waals surface area (Å²) in [5.74, 6) is -3.09. The van der Waals surface area contributed by atoms with Crippen molar-refractivity contribution in [1.29, 1.82) is 0 Å². The molecule has 272 valence electrons. The molecule has 0 spiro atoms. The molecule has 48 heavy (non-hydrogen) atoms. The van der Waals surface area contributed by atoms with Crippen molar-refractivity contribution in [2.24, 2.45) is 52.1 Å². The standard InChI is InChI=1S/C34H55N3O10S/c1-17(4-9-29(44)48-16-24(31(45)36-15-28(42)43)37-27(41)8-7-23(35)32(46)47)20-5-6-21-30-22(14-26(40)34(20,21)3)33(2)11-10-19(38)12-18(33)13-25(30)39/h17-26,30,38-40H,4-16,35H2,1-3H3,(H,36,45)(H,37,41)(H,42,43)(H,46,47). The van der Waals surface area contributed by atoms with Gasteiger partial charge in [0.1, 0.15) is 18.6 Å². The Balaban J connectivity index is 1.34. The molecule has 9 N–H and O–H groups in total. The van der Waals surface area contributed by atoms with Crippen LogP contribution in [-0.2, 0) is 24.0 Å². The second kappa shape index (κ2) is 15.7. The topological polar surface area (TPSA) is 237 Å². The molecule has 2 amide bonds. The molecule has 0 bridgehead atoms. The van der Waals surface area contributed by atoms with E-state index in [4.69, 9.17) is 15.9 Å². The molecule has 0 radical (unpaired) electrons. The number of aliphatic hydroxyl groups excluding tert-OH is 3. The van der Waals surface area contributed by atoms with Crippen LogP contribution in [0.15, 0.2) is 0 Å². The number of carboxylic acids is 2. The minimum absolute atomic E-state index is 0.00799. The minimum Gasteiger partial charge on any atom is -0.480 e. The molecule has 0 heterocycles. The number of rotatable bonds is 14. The third-order valence-corrected chi connectivity index (χ3v) is 13.8. The summed E-state index contributed by atoms with van der Waals surface area (Å²) < 4.78 is 0. The SMILES string of the molecule is CC(CCC(=O)SCC(NC(=O)CCC(N)C(=O)O)C(=O)NCC(=O)O)C1CCC2C3C(O)CC4CC(O)CCC4(C)C3CC(O)C12C. The Kier molecular flexibility index (Phi) is 12.6. The molecule has 4 aliphatic carbocycles. The van der Waals surface area contributed by atoms with Gasteiger partial charge in [0.05, 0.1) is 18.3 Å². The predicted octanol–water partition coefficient (Wildman–Crippen LogP) is 1.50. The fourth-order valence-corrected chi connectivity index (χ4v) is 10.9. The van der Waals surface area contributed by atoms with E-state index in [0.717, 1.165) is 37.4 Å². The van der Waals surface area contributed by atoms with Crippen LogP contribution in [0.4, 0.5) is 0 Å². The monoisotopic (exact) mass is 697 g/mol. The van der Waals surface area contributed by atoms with Gasteiger partial charge in [0, 0.05) is 18.6 Å². The molecule has 4 rings (SSSR count). The van der Waals surface area contributed by atoms with E-state index >= 15 is 0 Å². The van der Waals surface area contributed by atoms with Gasteiger partial charge in [-0.05, 0) is 104 Å². The van der Waals surface area contributed by atoms with E-state index in [9.17, 15) is 39.3 Å². The number of thioether (sulfide) groups is 1.